The summed E-state index contributed by atoms with van der Waals surface area (Å²) < 4.78 is 5.74. The van der Waals surface area contributed by atoms with E-state index in [9.17, 15) is 0 Å². The van der Waals surface area contributed by atoms with Gasteiger partial charge in [0.05, 0.1) is 13.2 Å². The molecule has 1 atom stereocenters. The van der Waals surface area contributed by atoms with Crippen LogP contribution in [0.4, 0.5) is 0 Å². The molecule has 0 aliphatic heterocycles. The molecule has 1 aromatic rings. The van der Waals surface area contributed by atoms with E-state index in [0.717, 1.165) is 26.2 Å². The van der Waals surface area contributed by atoms with Crippen molar-refractivity contribution < 1.29 is 4.74 Å². The maximum Gasteiger partial charge on any atom is 0.0619 e. The van der Waals surface area contributed by atoms with E-state index in [2.05, 4.69) is 43.4 Å². The van der Waals surface area contributed by atoms with E-state index in [1.165, 1.54) is 18.4 Å². The first-order valence-electron chi connectivity index (χ1n) is 6.71. The zero-order valence-electron chi connectivity index (χ0n) is 11.1. The van der Waals surface area contributed by atoms with Crippen molar-refractivity contribution in [3.05, 3.63) is 35.9 Å². The van der Waals surface area contributed by atoms with Crippen LogP contribution in [0.15, 0.2) is 30.3 Å². The molecular formula is C15H25NO. The van der Waals surface area contributed by atoms with Gasteiger partial charge in [0.15, 0.2) is 0 Å². The van der Waals surface area contributed by atoms with E-state index in [1.54, 1.807) is 0 Å². The number of rotatable bonds is 9. The summed E-state index contributed by atoms with van der Waals surface area (Å²) in [6, 6.07) is 11.0. The Bertz CT molecular complexity index is 268. The Hall–Kier alpha value is -0.860. The molecule has 1 unspecified atom stereocenters. The number of ether oxygens (including phenoxy) is 1. The Morgan fingerprint density at radius 3 is 2.59 bits per heavy atom. The Balaban J connectivity index is 2.13. The van der Waals surface area contributed by atoms with Crippen LogP contribution in [-0.2, 0) is 11.2 Å². The molecule has 0 aliphatic carbocycles. The molecule has 17 heavy (non-hydrogen) atoms. The summed E-state index contributed by atoms with van der Waals surface area (Å²) in [6.07, 6.45) is 3.41. The lowest BCUT2D eigenvalue weighted by Gasteiger charge is -2.17. The molecule has 0 saturated heterocycles. The first kappa shape index (κ1) is 14.2. The average Bonchev–Trinajstić information content (AvgIpc) is 2.36. The second-order valence-corrected chi connectivity index (χ2v) is 4.35. The molecule has 1 aromatic carbocycles. The largest absolute Gasteiger partial charge is 0.379 e. The van der Waals surface area contributed by atoms with Gasteiger partial charge in [-0.25, -0.2) is 0 Å². The minimum atomic E-state index is 0.515. The fourth-order valence-electron chi connectivity index (χ4n) is 1.94. The monoisotopic (exact) mass is 235 g/mol. The van der Waals surface area contributed by atoms with Crippen molar-refractivity contribution in [1.82, 2.24) is 5.32 Å². The van der Waals surface area contributed by atoms with Crippen LogP contribution >= 0.6 is 0 Å². The summed E-state index contributed by atoms with van der Waals surface area (Å²) in [6.45, 7) is 7.03. The molecule has 0 heterocycles. The van der Waals surface area contributed by atoms with E-state index < -0.39 is 0 Å². The SMILES string of the molecule is CCCC(COCCc1ccccc1)NCC. The van der Waals surface area contributed by atoms with Gasteiger partial charge < -0.3 is 10.1 Å². The van der Waals surface area contributed by atoms with Crippen LogP contribution in [0.3, 0.4) is 0 Å². The van der Waals surface area contributed by atoms with Gasteiger partial charge in [0.25, 0.3) is 0 Å². The van der Waals surface area contributed by atoms with Crippen molar-refractivity contribution in [2.45, 2.75) is 39.2 Å². The van der Waals surface area contributed by atoms with Gasteiger partial charge in [-0.05, 0) is 24.9 Å². The Labute approximate surface area is 105 Å². The number of nitrogens with one attached hydrogen (secondary N) is 1. The quantitative estimate of drug-likeness (QED) is 0.664. The maximum atomic E-state index is 5.74. The fourth-order valence-corrected chi connectivity index (χ4v) is 1.94. The molecule has 0 radical (unpaired) electrons. The fraction of sp³-hybridized carbons (Fsp3) is 0.600. The zero-order chi connectivity index (χ0) is 12.3. The third kappa shape index (κ3) is 6.44. The van der Waals surface area contributed by atoms with E-state index >= 15 is 0 Å². The highest BCUT2D eigenvalue weighted by Crippen LogP contribution is 2.01. The van der Waals surface area contributed by atoms with Crippen molar-refractivity contribution in [1.29, 1.82) is 0 Å². The van der Waals surface area contributed by atoms with Gasteiger partial charge in [0.1, 0.15) is 0 Å². The van der Waals surface area contributed by atoms with Gasteiger partial charge in [-0.2, -0.15) is 0 Å². The van der Waals surface area contributed by atoms with Gasteiger partial charge in [0, 0.05) is 6.04 Å². The molecule has 1 N–H and O–H groups in total. The van der Waals surface area contributed by atoms with E-state index in [4.69, 9.17) is 4.74 Å². The van der Waals surface area contributed by atoms with Crippen molar-refractivity contribution in [3.8, 4) is 0 Å². The van der Waals surface area contributed by atoms with Crippen LogP contribution in [0.1, 0.15) is 32.3 Å². The highest BCUT2D eigenvalue weighted by Gasteiger charge is 2.05. The Morgan fingerprint density at radius 1 is 1.18 bits per heavy atom. The van der Waals surface area contributed by atoms with E-state index in [1.807, 2.05) is 6.07 Å². The van der Waals surface area contributed by atoms with Crippen molar-refractivity contribution in [2.75, 3.05) is 19.8 Å². The summed E-state index contributed by atoms with van der Waals surface area (Å²) in [4.78, 5) is 0. The molecular weight excluding hydrogens is 210 g/mol. The zero-order valence-corrected chi connectivity index (χ0v) is 11.1. The minimum absolute atomic E-state index is 0.515. The third-order valence-electron chi connectivity index (χ3n) is 2.83. The van der Waals surface area contributed by atoms with Crippen LogP contribution in [-0.4, -0.2) is 25.8 Å². The molecule has 0 saturated carbocycles. The molecule has 2 nitrogen and oxygen atoms in total. The van der Waals surface area contributed by atoms with Gasteiger partial charge in [-0.15, -0.1) is 0 Å². The number of hydrogen-bond donors (Lipinski definition) is 1. The molecule has 0 aromatic heterocycles. The van der Waals surface area contributed by atoms with Crippen LogP contribution in [0, 0.1) is 0 Å². The Kier molecular flexibility index (Phi) is 7.69. The standard InChI is InChI=1S/C15H25NO/c1-3-8-15(16-4-2)13-17-12-11-14-9-6-5-7-10-14/h5-7,9-10,15-16H,3-4,8,11-13H2,1-2H3. The summed E-state index contributed by atoms with van der Waals surface area (Å²) >= 11 is 0. The normalized spacial score (nSPS) is 12.6. The first-order valence-corrected chi connectivity index (χ1v) is 6.71. The van der Waals surface area contributed by atoms with E-state index in [0.29, 0.717) is 6.04 Å². The average molecular weight is 235 g/mol. The van der Waals surface area contributed by atoms with Crippen molar-refractivity contribution >= 4 is 0 Å². The molecule has 0 spiro atoms. The lowest BCUT2D eigenvalue weighted by Crippen LogP contribution is -2.33. The molecule has 1 rings (SSSR count). The summed E-state index contributed by atoms with van der Waals surface area (Å²) in [7, 11) is 0. The molecule has 0 fully saturated rings. The second kappa shape index (κ2) is 9.20. The highest BCUT2D eigenvalue weighted by molar-refractivity contribution is 5.14. The molecule has 0 amide bonds. The predicted molar refractivity (Wildman–Crippen MR) is 73.3 cm³/mol. The van der Waals surface area contributed by atoms with Crippen molar-refractivity contribution in [3.63, 3.8) is 0 Å². The van der Waals surface area contributed by atoms with Crippen LogP contribution in [0.2, 0.25) is 0 Å². The smallest absolute Gasteiger partial charge is 0.0619 e. The lowest BCUT2D eigenvalue weighted by atomic mass is 10.1. The summed E-state index contributed by atoms with van der Waals surface area (Å²) in [5.74, 6) is 0. The first-order chi connectivity index (χ1) is 8.36. The summed E-state index contributed by atoms with van der Waals surface area (Å²) in [5, 5.41) is 3.46. The van der Waals surface area contributed by atoms with Gasteiger partial charge in [-0.1, -0.05) is 50.6 Å². The highest BCUT2D eigenvalue weighted by atomic mass is 16.5. The number of benzene rings is 1. The summed E-state index contributed by atoms with van der Waals surface area (Å²) in [5.41, 5.74) is 1.35. The number of likely N-dealkylation sites (N-methyl/N-ethyl adjacent to an activating group) is 1. The van der Waals surface area contributed by atoms with Crippen molar-refractivity contribution in [2.24, 2.45) is 0 Å². The number of hydrogen-bond acceptors (Lipinski definition) is 2. The van der Waals surface area contributed by atoms with Gasteiger partial charge in [0.2, 0.25) is 0 Å². The van der Waals surface area contributed by atoms with E-state index in [-0.39, 0.29) is 0 Å². The second-order valence-electron chi connectivity index (χ2n) is 4.35. The van der Waals surface area contributed by atoms with Crippen LogP contribution in [0.5, 0.6) is 0 Å². The van der Waals surface area contributed by atoms with Gasteiger partial charge in [-0.3, -0.25) is 0 Å². The molecule has 96 valence electrons. The van der Waals surface area contributed by atoms with Gasteiger partial charge >= 0.3 is 0 Å². The van der Waals surface area contributed by atoms with Crippen LogP contribution < -0.4 is 5.32 Å². The third-order valence-corrected chi connectivity index (χ3v) is 2.83. The minimum Gasteiger partial charge on any atom is -0.379 e. The molecule has 0 aliphatic rings. The lowest BCUT2D eigenvalue weighted by molar-refractivity contribution is 0.111. The molecule has 0 bridgehead atoms. The Morgan fingerprint density at radius 2 is 1.94 bits per heavy atom. The molecule has 2 heteroatoms. The topological polar surface area (TPSA) is 21.3 Å². The van der Waals surface area contributed by atoms with Crippen LogP contribution in [0.25, 0.3) is 0 Å². The maximum absolute atomic E-state index is 5.74. The predicted octanol–water partition coefficient (Wildman–Crippen LogP) is 3.02.